The van der Waals surface area contributed by atoms with Gasteiger partial charge in [-0.25, -0.2) is 4.98 Å². The summed E-state index contributed by atoms with van der Waals surface area (Å²) < 4.78 is 0.722. The molecule has 2 aromatic rings. The first-order valence-electron chi connectivity index (χ1n) is 5.05. The zero-order valence-corrected chi connectivity index (χ0v) is 13.1. The summed E-state index contributed by atoms with van der Waals surface area (Å²) in [6.07, 6.45) is 1.50. The number of benzene rings is 1. The van der Waals surface area contributed by atoms with Gasteiger partial charge in [-0.1, -0.05) is 50.7 Å². The Balaban J connectivity index is 2.32. The molecule has 0 saturated heterocycles. The number of halogens is 4. The molecule has 0 unspecified atom stereocenters. The Morgan fingerprint density at radius 3 is 2.42 bits per heavy atom. The predicted octanol–water partition coefficient (Wildman–Crippen LogP) is 5.06. The zero-order chi connectivity index (χ0) is 14.0. The van der Waals surface area contributed by atoms with Crippen LogP contribution in [0.15, 0.2) is 34.9 Å². The van der Waals surface area contributed by atoms with Crippen molar-refractivity contribution in [2.24, 2.45) is 0 Å². The van der Waals surface area contributed by atoms with Crippen molar-refractivity contribution in [2.45, 2.75) is 0 Å². The van der Waals surface area contributed by atoms with Crippen LogP contribution < -0.4 is 5.32 Å². The Bertz CT molecular complexity index is 626. The number of aromatic nitrogens is 1. The van der Waals surface area contributed by atoms with Crippen LogP contribution in [0.1, 0.15) is 10.4 Å². The highest BCUT2D eigenvalue weighted by Gasteiger charge is 2.15. The first-order chi connectivity index (χ1) is 8.99. The lowest BCUT2D eigenvalue weighted by molar-refractivity contribution is 0.102. The maximum absolute atomic E-state index is 12.1. The van der Waals surface area contributed by atoms with E-state index < -0.39 is 5.91 Å². The monoisotopic (exact) mass is 378 g/mol. The summed E-state index contributed by atoms with van der Waals surface area (Å²) >= 11 is 21.2. The van der Waals surface area contributed by atoms with E-state index in [0.717, 1.165) is 4.47 Å². The van der Waals surface area contributed by atoms with Crippen molar-refractivity contribution in [3.8, 4) is 0 Å². The first kappa shape index (κ1) is 14.6. The number of carbonyl (C=O) groups is 1. The number of nitrogens with one attached hydrogen (secondary N) is 1. The van der Waals surface area contributed by atoms with Gasteiger partial charge in [-0.2, -0.15) is 0 Å². The fraction of sp³-hybridized carbons (Fsp3) is 0. The zero-order valence-electron chi connectivity index (χ0n) is 9.25. The molecule has 0 atom stereocenters. The van der Waals surface area contributed by atoms with Crippen LogP contribution in [0.25, 0.3) is 0 Å². The molecule has 1 N–H and O–H groups in total. The summed E-state index contributed by atoms with van der Waals surface area (Å²) in [6.45, 7) is 0. The highest BCUT2D eigenvalue weighted by Crippen LogP contribution is 2.34. The van der Waals surface area contributed by atoms with Gasteiger partial charge in [0.1, 0.15) is 5.15 Å². The molecular weight excluding hydrogens is 374 g/mol. The average molecular weight is 380 g/mol. The predicted molar refractivity (Wildman–Crippen MR) is 81.4 cm³/mol. The van der Waals surface area contributed by atoms with Gasteiger partial charge in [0.2, 0.25) is 0 Å². The molecular formula is C12H6BrCl3N2O. The van der Waals surface area contributed by atoms with Gasteiger partial charge in [0.25, 0.3) is 5.91 Å². The Morgan fingerprint density at radius 1 is 1.21 bits per heavy atom. The van der Waals surface area contributed by atoms with E-state index in [4.69, 9.17) is 34.8 Å². The maximum Gasteiger partial charge on any atom is 0.258 e. The number of nitrogens with zero attached hydrogens (tertiary/aromatic N) is 1. The van der Waals surface area contributed by atoms with Crippen molar-refractivity contribution >= 4 is 62.3 Å². The summed E-state index contributed by atoms with van der Waals surface area (Å²) in [6, 6.07) is 6.44. The number of pyridine rings is 1. The Labute approximate surface area is 133 Å². The molecule has 98 valence electrons. The third-order valence-electron chi connectivity index (χ3n) is 2.25. The van der Waals surface area contributed by atoms with Gasteiger partial charge >= 0.3 is 0 Å². The molecule has 0 bridgehead atoms. The second-order valence-electron chi connectivity index (χ2n) is 3.54. The molecule has 0 fully saturated rings. The molecule has 0 spiro atoms. The van der Waals surface area contributed by atoms with Gasteiger partial charge in [-0.05, 0) is 24.3 Å². The smallest absolute Gasteiger partial charge is 0.258 e. The summed E-state index contributed by atoms with van der Waals surface area (Å²) in [4.78, 5) is 15.9. The fourth-order valence-electron chi connectivity index (χ4n) is 1.40. The molecule has 0 saturated carbocycles. The Morgan fingerprint density at radius 2 is 1.84 bits per heavy atom. The quantitative estimate of drug-likeness (QED) is 0.740. The van der Waals surface area contributed by atoms with Gasteiger partial charge in [0.05, 0.1) is 21.3 Å². The van der Waals surface area contributed by atoms with Crippen molar-refractivity contribution in [2.75, 3.05) is 5.32 Å². The molecule has 7 heteroatoms. The minimum Gasteiger partial charge on any atom is -0.319 e. The van der Waals surface area contributed by atoms with Gasteiger partial charge in [0, 0.05) is 10.7 Å². The van der Waals surface area contributed by atoms with Crippen LogP contribution in [0.2, 0.25) is 15.2 Å². The van der Waals surface area contributed by atoms with Crippen molar-refractivity contribution < 1.29 is 4.79 Å². The molecule has 0 aliphatic carbocycles. The molecule has 1 amide bonds. The second-order valence-corrected chi connectivity index (χ2v) is 5.63. The van der Waals surface area contributed by atoms with E-state index in [1.54, 1.807) is 24.3 Å². The lowest BCUT2D eigenvalue weighted by Crippen LogP contribution is -2.13. The van der Waals surface area contributed by atoms with Crippen LogP contribution in [-0.2, 0) is 0 Å². The van der Waals surface area contributed by atoms with Crippen molar-refractivity contribution in [1.82, 2.24) is 4.98 Å². The van der Waals surface area contributed by atoms with E-state index >= 15 is 0 Å². The van der Waals surface area contributed by atoms with Crippen LogP contribution in [0, 0.1) is 0 Å². The van der Waals surface area contributed by atoms with E-state index in [1.165, 1.54) is 6.20 Å². The van der Waals surface area contributed by atoms with Gasteiger partial charge in [-0.15, -0.1) is 0 Å². The van der Waals surface area contributed by atoms with Gasteiger partial charge < -0.3 is 5.32 Å². The van der Waals surface area contributed by atoms with Crippen molar-refractivity contribution in [1.29, 1.82) is 0 Å². The maximum atomic E-state index is 12.1. The third-order valence-corrected chi connectivity index (χ3v) is 3.60. The number of hydrogen-bond donors (Lipinski definition) is 1. The summed E-state index contributed by atoms with van der Waals surface area (Å²) in [5.74, 6) is -0.427. The molecule has 1 aromatic heterocycles. The van der Waals surface area contributed by atoms with Crippen LogP contribution in [0.3, 0.4) is 0 Å². The molecule has 19 heavy (non-hydrogen) atoms. The largest absolute Gasteiger partial charge is 0.319 e. The normalized spacial score (nSPS) is 10.3. The summed E-state index contributed by atoms with van der Waals surface area (Å²) in [7, 11) is 0. The molecule has 0 radical (unpaired) electrons. The van der Waals surface area contributed by atoms with Crippen molar-refractivity contribution in [3.63, 3.8) is 0 Å². The summed E-state index contributed by atoms with van der Waals surface area (Å²) in [5, 5.41) is 3.38. The van der Waals surface area contributed by atoms with E-state index in [2.05, 4.69) is 26.2 Å². The topological polar surface area (TPSA) is 42.0 Å². The average Bonchev–Trinajstić information content (AvgIpc) is 2.34. The molecule has 1 aromatic carbocycles. The summed E-state index contributed by atoms with van der Waals surface area (Å²) in [5.41, 5.74) is 0.579. The van der Waals surface area contributed by atoms with Crippen molar-refractivity contribution in [3.05, 3.63) is 55.7 Å². The van der Waals surface area contributed by atoms with E-state index in [0.29, 0.717) is 15.7 Å². The minimum absolute atomic E-state index is 0.115. The molecule has 1 heterocycles. The number of carbonyl (C=O) groups excluding carboxylic acids is 1. The van der Waals surface area contributed by atoms with E-state index in [9.17, 15) is 4.79 Å². The van der Waals surface area contributed by atoms with Crippen LogP contribution in [0.5, 0.6) is 0 Å². The van der Waals surface area contributed by atoms with Crippen LogP contribution in [-0.4, -0.2) is 10.9 Å². The lowest BCUT2D eigenvalue weighted by Gasteiger charge is -2.10. The SMILES string of the molecule is O=C(Nc1c(Cl)cc(Br)cc1Cl)c1cccnc1Cl. The standard InChI is InChI=1S/C12H6BrCl3N2O/c13-6-4-8(14)10(9(15)5-6)18-12(19)7-2-1-3-17-11(7)16/h1-5H,(H,18,19). The second kappa shape index (κ2) is 6.09. The van der Waals surface area contributed by atoms with Crippen LogP contribution >= 0.6 is 50.7 Å². The number of amides is 1. The van der Waals surface area contributed by atoms with Gasteiger partial charge in [0.15, 0.2) is 0 Å². The molecule has 2 rings (SSSR count). The molecule has 3 nitrogen and oxygen atoms in total. The van der Waals surface area contributed by atoms with Gasteiger partial charge in [-0.3, -0.25) is 4.79 Å². The highest BCUT2D eigenvalue weighted by molar-refractivity contribution is 9.10. The van der Waals surface area contributed by atoms with E-state index in [1.807, 2.05) is 0 Å². The Kier molecular flexibility index (Phi) is 4.68. The number of rotatable bonds is 2. The molecule has 0 aliphatic heterocycles. The fourth-order valence-corrected chi connectivity index (χ4v) is 2.91. The third kappa shape index (κ3) is 3.39. The molecule has 0 aliphatic rings. The highest BCUT2D eigenvalue weighted by atomic mass is 79.9. The lowest BCUT2D eigenvalue weighted by atomic mass is 10.2. The number of anilines is 1. The van der Waals surface area contributed by atoms with E-state index in [-0.39, 0.29) is 10.7 Å². The number of hydrogen-bond acceptors (Lipinski definition) is 2. The Hall–Kier alpha value is -0.810. The first-order valence-corrected chi connectivity index (χ1v) is 6.98. The minimum atomic E-state index is -0.427. The van der Waals surface area contributed by atoms with Crippen LogP contribution in [0.4, 0.5) is 5.69 Å².